The predicted octanol–water partition coefficient (Wildman–Crippen LogP) is 2.70. The fourth-order valence-corrected chi connectivity index (χ4v) is 4.28. The fourth-order valence-electron chi connectivity index (χ4n) is 4.28. The van der Waals surface area contributed by atoms with Crippen LogP contribution in [0.1, 0.15) is 19.3 Å². The molecule has 2 fully saturated rings. The summed E-state index contributed by atoms with van der Waals surface area (Å²) in [5.74, 6) is 1.45. The van der Waals surface area contributed by atoms with E-state index in [1.54, 1.807) is 12.4 Å². The van der Waals surface area contributed by atoms with E-state index in [1.165, 1.54) is 26.0 Å². The van der Waals surface area contributed by atoms with Crippen molar-refractivity contribution in [2.75, 3.05) is 38.7 Å². The van der Waals surface area contributed by atoms with Gasteiger partial charge in [-0.1, -0.05) is 0 Å². The minimum atomic E-state index is -0.384. The molecule has 0 N–H and O–H groups in total. The first-order valence-electron chi connectivity index (χ1n) is 8.61. The van der Waals surface area contributed by atoms with E-state index in [0.29, 0.717) is 17.5 Å². The maximum absolute atomic E-state index is 14.0. The van der Waals surface area contributed by atoms with Crippen LogP contribution in [0.3, 0.4) is 0 Å². The van der Waals surface area contributed by atoms with Crippen LogP contribution in [0, 0.1) is 11.7 Å². The molecule has 2 aromatic rings. The van der Waals surface area contributed by atoms with E-state index in [4.69, 9.17) is 4.74 Å². The summed E-state index contributed by atoms with van der Waals surface area (Å²) in [6.07, 6.45) is 5.12. The Hall–Kier alpha value is -1.95. The van der Waals surface area contributed by atoms with Gasteiger partial charge in [0.05, 0.1) is 12.6 Å². The number of ether oxygens (including phenoxy) is 1. The van der Waals surface area contributed by atoms with Crippen molar-refractivity contribution in [2.24, 2.45) is 5.92 Å². The van der Waals surface area contributed by atoms with E-state index in [2.05, 4.69) is 26.8 Å². The molecule has 0 aliphatic carbocycles. The molecule has 0 saturated carbocycles. The molecule has 2 atom stereocenters. The first-order chi connectivity index (χ1) is 11.7. The summed E-state index contributed by atoms with van der Waals surface area (Å²) in [7, 11) is 3.69. The van der Waals surface area contributed by atoms with Gasteiger partial charge in [-0.05, 0) is 44.8 Å². The summed E-state index contributed by atoms with van der Waals surface area (Å²) in [6.45, 7) is 3.25. The molecule has 5 nitrogen and oxygen atoms in total. The lowest BCUT2D eigenvalue weighted by molar-refractivity contribution is 0.154. The van der Waals surface area contributed by atoms with Gasteiger partial charge >= 0.3 is 0 Å². The van der Waals surface area contributed by atoms with Crippen molar-refractivity contribution >= 4 is 16.7 Å². The second-order valence-electron chi connectivity index (χ2n) is 6.92. The summed E-state index contributed by atoms with van der Waals surface area (Å²) >= 11 is 0. The number of anilines is 1. The van der Waals surface area contributed by atoms with E-state index in [-0.39, 0.29) is 11.6 Å². The van der Waals surface area contributed by atoms with Crippen molar-refractivity contribution in [3.63, 3.8) is 0 Å². The second-order valence-corrected chi connectivity index (χ2v) is 6.92. The maximum atomic E-state index is 14.0. The topological polar surface area (TPSA) is 41.5 Å². The smallest absolute Gasteiger partial charge is 0.167 e. The molecule has 1 aromatic heterocycles. The van der Waals surface area contributed by atoms with Crippen LogP contribution < -0.4 is 9.64 Å². The van der Waals surface area contributed by atoms with Gasteiger partial charge in [0, 0.05) is 30.6 Å². The Bertz CT molecular complexity index is 753. The molecule has 6 heteroatoms. The number of likely N-dealkylation sites (tertiary alicyclic amines) is 1. The highest BCUT2D eigenvalue weighted by Crippen LogP contribution is 2.36. The van der Waals surface area contributed by atoms with Gasteiger partial charge in [-0.2, -0.15) is 0 Å². The lowest BCUT2D eigenvalue weighted by atomic mass is 9.84. The van der Waals surface area contributed by atoms with Crippen molar-refractivity contribution in [3.8, 4) is 5.75 Å². The molecule has 0 amide bonds. The number of hydrogen-bond donors (Lipinski definition) is 0. The molecule has 2 unspecified atom stereocenters. The van der Waals surface area contributed by atoms with Crippen LogP contribution >= 0.6 is 0 Å². The Morgan fingerprint density at radius 1 is 1.21 bits per heavy atom. The average Bonchev–Trinajstić information content (AvgIpc) is 2.59. The molecule has 128 valence electrons. The van der Waals surface area contributed by atoms with Crippen molar-refractivity contribution in [3.05, 3.63) is 24.3 Å². The van der Waals surface area contributed by atoms with Crippen molar-refractivity contribution in [1.82, 2.24) is 14.9 Å². The van der Waals surface area contributed by atoms with E-state index in [0.717, 1.165) is 37.3 Å². The van der Waals surface area contributed by atoms with Crippen molar-refractivity contribution in [1.29, 1.82) is 0 Å². The lowest BCUT2D eigenvalue weighted by Crippen LogP contribution is -2.53. The SMILES string of the molecule is COc1cc2c(N3CCCC4CN(C)CCC43)ncnc2cc1F. The number of nitrogens with zero attached hydrogens (tertiary/aromatic N) is 4. The number of benzene rings is 1. The van der Waals surface area contributed by atoms with Gasteiger partial charge in [0.15, 0.2) is 11.6 Å². The molecule has 2 aliphatic rings. The molecular formula is C18H23FN4O. The molecule has 2 aliphatic heterocycles. The third kappa shape index (κ3) is 2.59. The molecule has 4 rings (SSSR count). The Labute approximate surface area is 141 Å². The molecule has 0 spiro atoms. The highest BCUT2D eigenvalue weighted by molar-refractivity contribution is 5.90. The molecule has 1 aromatic carbocycles. The lowest BCUT2D eigenvalue weighted by Gasteiger charge is -2.47. The third-order valence-corrected chi connectivity index (χ3v) is 5.43. The average molecular weight is 330 g/mol. The standard InChI is InChI=1S/C18H23FN4O/c1-22-7-5-16-12(10-22)4-3-6-23(16)18-13-8-17(24-2)14(19)9-15(13)20-11-21-18/h8-9,11-12,16H,3-7,10H2,1-2H3. The Morgan fingerprint density at radius 2 is 2.08 bits per heavy atom. The predicted molar refractivity (Wildman–Crippen MR) is 92.0 cm³/mol. The van der Waals surface area contributed by atoms with Gasteiger partial charge in [-0.25, -0.2) is 14.4 Å². The highest BCUT2D eigenvalue weighted by Gasteiger charge is 2.36. The van der Waals surface area contributed by atoms with Crippen LogP contribution in [0.15, 0.2) is 18.5 Å². The van der Waals surface area contributed by atoms with Crippen LogP contribution in [-0.2, 0) is 0 Å². The van der Waals surface area contributed by atoms with Gasteiger partial charge in [-0.15, -0.1) is 0 Å². The number of hydrogen-bond acceptors (Lipinski definition) is 5. The Morgan fingerprint density at radius 3 is 2.92 bits per heavy atom. The van der Waals surface area contributed by atoms with E-state index >= 15 is 0 Å². The van der Waals surface area contributed by atoms with Crippen LogP contribution in [0.4, 0.5) is 10.2 Å². The van der Waals surface area contributed by atoms with Crippen LogP contribution in [-0.4, -0.2) is 54.7 Å². The summed E-state index contributed by atoms with van der Waals surface area (Å²) in [5.41, 5.74) is 0.633. The third-order valence-electron chi connectivity index (χ3n) is 5.43. The first kappa shape index (κ1) is 15.6. The van der Waals surface area contributed by atoms with Gasteiger partial charge in [-0.3, -0.25) is 0 Å². The monoisotopic (exact) mass is 330 g/mol. The van der Waals surface area contributed by atoms with Crippen molar-refractivity contribution in [2.45, 2.75) is 25.3 Å². The zero-order chi connectivity index (χ0) is 16.7. The van der Waals surface area contributed by atoms with Crippen LogP contribution in [0.2, 0.25) is 0 Å². The summed E-state index contributed by atoms with van der Waals surface area (Å²) < 4.78 is 19.2. The minimum absolute atomic E-state index is 0.246. The zero-order valence-corrected chi connectivity index (χ0v) is 14.2. The van der Waals surface area contributed by atoms with E-state index < -0.39 is 0 Å². The second kappa shape index (κ2) is 6.16. The quantitative estimate of drug-likeness (QED) is 0.847. The molecule has 24 heavy (non-hydrogen) atoms. The summed E-state index contributed by atoms with van der Waals surface area (Å²) in [6, 6.07) is 3.68. The van der Waals surface area contributed by atoms with Gasteiger partial charge in [0.25, 0.3) is 0 Å². The summed E-state index contributed by atoms with van der Waals surface area (Å²) in [5, 5.41) is 0.871. The van der Waals surface area contributed by atoms with Crippen LogP contribution in [0.5, 0.6) is 5.75 Å². The number of aromatic nitrogens is 2. The van der Waals surface area contributed by atoms with Crippen molar-refractivity contribution < 1.29 is 9.13 Å². The van der Waals surface area contributed by atoms with Crippen LogP contribution in [0.25, 0.3) is 10.9 Å². The number of methoxy groups -OCH3 is 1. The maximum Gasteiger partial charge on any atom is 0.167 e. The first-order valence-corrected chi connectivity index (χ1v) is 8.61. The number of piperidine rings is 2. The Balaban J connectivity index is 1.77. The minimum Gasteiger partial charge on any atom is -0.494 e. The molecule has 0 bridgehead atoms. The number of rotatable bonds is 2. The molecule has 2 saturated heterocycles. The Kier molecular flexibility index (Phi) is 4.00. The molecule has 0 radical (unpaired) electrons. The normalized spacial score (nSPS) is 24.9. The highest BCUT2D eigenvalue weighted by atomic mass is 19.1. The fraction of sp³-hybridized carbons (Fsp3) is 0.556. The van der Waals surface area contributed by atoms with E-state index in [9.17, 15) is 4.39 Å². The number of halogens is 1. The van der Waals surface area contributed by atoms with Gasteiger partial charge in [0.1, 0.15) is 12.1 Å². The molecular weight excluding hydrogens is 307 g/mol. The zero-order valence-electron chi connectivity index (χ0n) is 14.2. The number of fused-ring (bicyclic) bond motifs is 2. The van der Waals surface area contributed by atoms with Gasteiger partial charge in [0.2, 0.25) is 0 Å². The largest absolute Gasteiger partial charge is 0.494 e. The van der Waals surface area contributed by atoms with E-state index in [1.807, 2.05) is 0 Å². The summed E-state index contributed by atoms with van der Waals surface area (Å²) in [4.78, 5) is 13.7. The molecule has 3 heterocycles. The van der Waals surface area contributed by atoms with Gasteiger partial charge < -0.3 is 14.5 Å².